The van der Waals surface area contributed by atoms with E-state index in [1.165, 1.54) is 0 Å². The van der Waals surface area contributed by atoms with Crippen molar-refractivity contribution in [2.24, 2.45) is 0 Å². The van der Waals surface area contributed by atoms with E-state index < -0.39 is 0 Å². The summed E-state index contributed by atoms with van der Waals surface area (Å²) >= 11 is 0. The van der Waals surface area contributed by atoms with Crippen LogP contribution in [0, 0.1) is 13.8 Å². The number of hydrogen-bond acceptors (Lipinski definition) is 2. The fourth-order valence-electron chi connectivity index (χ4n) is 2.37. The molecular weight excluding hydrogens is 226 g/mol. The number of hydrogen-bond donors (Lipinski definition) is 1. The van der Waals surface area contributed by atoms with Crippen LogP contribution in [0.2, 0.25) is 0 Å². The van der Waals surface area contributed by atoms with E-state index in [1.807, 2.05) is 48.7 Å². The van der Waals surface area contributed by atoms with Gasteiger partial charge >= 0.3 is 0 Å². The van der Waals surface area contributed by atoms with Gasteiger partial charge in [0.2, 0.25) is 0 Å². The van der Waals surface area contributed by atoms with Crippen LogP contribution >= 0.6 is 0 Å². The maximum atomic E-state index is 11.4. The molecule has 2 aromatic rings. The highest BCUT2D eigenvalue weighted by Gasteiger charge is 2.15. The summed E-state index contributed by atoms with van der Waals surface area (Å²) in [6.07, 6.45) is 0. The molecule has 3 heteroatoms. The van der Waals surface area contributed by atoms with Crippen molar-refractivity contribution < 1.29 is 5.11 Å². The minimum Gasteiger partial charge on any atom is -0.394 e. The molecule has 1 N–H and O–H groups in total. The second-order valence-electron chi connectivity index (χ2n) is 4.45. The average molecular weight is 243 g/mol. The highest BCUT2D eigenvalue weighted by Crippen LogP contribution is 2.20. The van der Waals surface area contributed by atoms with Gasteiger partial charge in [-0.25, -0.2) is 0 Å². The Labute approximate surface area is 106 Å². The van der Waals surface area contributed by atoms with Crippen LogP contribution in [-0.4, -0.2) is 16.3 Å². The summed E-state index contributed by atoms with van der Waals surface area (Å²) in [6.45, 7) is 3.79. The third-order valence-electron chi connectivity index (χ3n) is 3.13. The van der Waals surface area contributed by atoms with Crippen LogP contribution in [0.4, 0.5) is 0 Å². The van der Waals surface area contributed by atoms with Gasteiger partial charge < -0.3 is 9.67 Å². The number of pyridine rings is 1. The van der Waals surface area contributed by atoms with E-state index in [2.05, 4.69) is 0 Å². The van der Waals surface area contributed by atoms with Crippen LogP contribution in [-0.2, 0) is 0 Å². The Balaban J connectivity index is 2.56. The SMILES string of the molecule is Cc1cc(=O)cc(C)n1C(CO)c1ccccc1. The van der Waals surface area contributed by atoms with E-state index in [0.29, 0.717) is 0 Å². The molecule has 0 aliphatic carbocycles. The van der Waals surface area contributed by atoms with Crippen LogP contribution < -0.4 is 5.43 Å². The van der Waals surface area contributed by atoms with Crippen molar-refractivity contribution in [1.29, 1.82) is 0 Å². The first-order chi connectivity index (χ1) is 8.63. The number of benzene rings is 1. The van der Waals surface area contributed by atoms with Crippen molar-refractivity contribution in [3.8, 4) is 0 Å². The number of aliphatic hydroxyl groups excluding tert-OH is 1. The minimum atomic E-state index is -0.146. The first-order valence-electron chi connectivity index (χ1n) is 5.99. The van der Waals surface area contributed by atoms with E-state index in [9.17, 15) is 9.90 Å². The lowest BCUT2D eigenvalue weighted by atomic mass is 10.1. The van der Waals surface area contributed by atoms with Crippen molar-refractivity contribution in [3.63, 3.8) is 0 Å². The van der Waals surface area contributed by atoms with Crippen molar-refractivity contribution >= 4 is 0 Å². The van der Waals surface area contributed by atoms with Crippen molar-refractivity contribution in [2.45, 2.75) is 19.9 Å². The quantitative estimate of drug-likeness (QED) is 0.896. The molecule has 1 unspecified atom stereocenters. The molecule has 1 atom stereocenters. The van der Waals surface area contributed by atoms with Gasteiger partial charge in [-0.2, -0.15) is 0 Å². The van der Waals surface area contributed by atoms with Gasteiger partial charge in [-0.05, 0) is 19.4 Å². The zero-order valence-electron chi connectivity index (χ0n) is 10.6. The molecular formula is C15H17NO2. The van der Waals surface area contributed by atoms with Crippen LogP contribution in [0.1, 0.15) is 23.0 Å². The molecule has 94 valence electrons. The van der Waals surface area contributed by atoms with Gasteiger partial charge in [-0.15, -0.1) is 0 Å². The Hall–Kier alpha value is -1.87. The number of aliphatic hydroxyl groups is 1. The Morgan fingerprint density at radius 1 is 1.11 bits per heavy atom. The van der Waals surface area contributed by atoms with E-state index >= 15 is 0 Å². The molecule has 0 spiro atoms. The molecule has 3 nitrogen and oxygen atoms in total. The number of aromatic nitrogens is 1. The normalized spacial score (nSPS) is 12.4. The average Bonchev–Trinajstić information content (AvgIpc) is 2.34. The van der Waals surface area contributed by atoms with Crippen molar-refractivity contribution in [3.05, 3.63) is 69.6 Å². The molecule has 0 amide bonds. The van der Waals surface area contributed by atoms with Gasteiger partial charge in [0, 0.05) is 23.5 Å². The maximum Gasteiger partial charge on any atom is 0.182 e. The summed E-state index contributed by atoms with van der Waals surface area (Å²) in [6, 6.07) is 12.9. The Bertz CT molecular complexity index is 561. The summed E-state index contributed by atoms with van der Waals surface area (Å²) < 4.78 is 2.00. The molecule has 0 saturated heterocycles. The van der Waals surface area contributed by atoms with E-state index in [1.54, 1.807) is 12.1 Å². The molecule has 0 bridgehead atoms. The standard InChI is InChI=1S/C15H17NO2/c1-11-8-14(18)9-12(2)16(11)15(10-17)13-6-4-3-5-7-13/h3-9,15,17H,10H2,1-2H3. The number of nitrogens with zero attached hydrogens (tertiary/aromatic N) is 1. The first-order valence-corrected chi connectivity index (χ1v) is 5.99. The fraction of sp³-hybridized carbons (Fsp3) is 0.267. The lowest BCUT2D eigenvalue weighted by Crippen LogP contribution is -2.22. The second kappa shape index (κ2) is 5.19. The summed E-state index contributed by atoms with van der Waals surface area (Å²) in [5.41, 5.74) is 2.77. The zero-order valence-corrected chi connectivity index (χ0v) is 10.6. The predicted octanol–water partition coefficient (Wildman–Crippen LogP) is 2.05. The highest BCUT2D eigenvalue weighted by atomic mass is 16.3. The first kappa shape index (κ1) is 12.6. The summed E-state index contributed by atoms with van der Waals surface area (Å²) in [5, 5.41) is 9.65. The smallest absolute Gasteiger partial charge is 0.182 e. The third kappa shape index (κ3) is 2.36. The predicted molar refractivity (Wildman–Crippen MR) is 71.8 cm³/mol. The van der Waals surface area contributed by atoms with Crippen LogP contribution in [0.5, 0.6) is 0 Å². The molecule has 18 heavy (non-hydrogen) atoms. The maximum absolute atomic E-state index is 11.4. The Morgan fingerprint density at radius 2 is 1.67 bits per heavy atom. The molecule has 0 radical (unpaired) electrons. The van der Waals surface area contributed by atoms with E-state index in [0.717, 1.165) is 17.0 Å². The molecule has 1 aromatic carbocycles. The third-order valence-corrected chi connectivity index (χ3v) is 3.13. The van der Waals surface area contributed by atoms with Crippen LogP contribution in [0.15, 0.2) is 47.3 Å². The molecule has 0 aliphatic heterocycles. The fourth-order valence-corrected chi connectivity index (χ4v) is 2.37. The van der Waals surface area contributed by atoms with E-state index in [-0.39, 0.29) is 18.1 Å². The second-order valence-corrected chi connectivity index (χ2v) is 4.45. The van der Waals surface area contributed by atoms with Crippen molar-refractivity contribution in [2.75, 3.05) is 6.61 Å². The van der Waals surface area contributed by atoms with Crippen molar-refractivity contribution in [1.82, 2.24) is 4.57 Å². The lowest BCUT2D eigenvalue weighted by Gasteiger charge is -2.24. The summed E-state index contributed by atoms with van der Waals surface area (Å²) in [7, 11) is 0. The van der Waals surface area contributed by atoms with Gasteiger partial charge in [-0.3, -0.25) is 4.79 Å². The molecule has 0 aliphatic rings. The Morgan fingerprint density at radius 3 is 2.17 bits per heavy atom. The van der Waals surface area contributed by atoms with Crippen LogP contribution in [0.25, 0.3) is 0 Å². The lowest BCUT2D eigenvalue weighted by molar-refractivity contribution is 0.246. The van der Waals surface area contributed by atoms with Gasteiger partial charge in [0.1, 0.15) is 0 Å². The van der Waals surface area contributed by atoms with Gasteiger partial charge in [0.25, 0.3) is 0 Å². The van der Waals surface area contributed by atoms with Gasteiger partial charge in [0.05, 0.1) is 12.6 Å². The molecule has 0 fully saturated rings. The molecule has 1 heterocycles. The summed E-state index contributed by atoms with van der Waals surface area (Å²) in [5.74, 6) is 0. The molecule has 0 saturated carbocycles. The highest BCUT2D eigenvalue weighted by molar-refractivity contribution is 5.24. The summed E-state index contributed by atoms with van der Waals surface area (Å²) in [4.78, 5) is 11.4. The molecule has 1 aromatic heterocycles. The van der Waals surface area contributed by atoms with Gasteiger partial charge in [0.15, 0.2) is 5.43 Å². The number of rotatable bonds is 3. The minimum absolute atomic E-state index is 0.00556. The van der Waals surface area contributed by atoms with Gasteiger partial charge in [-0.1, -0.05) is 30.3 Å². The topological polar surface area (TPSA) is 42.2 Å². The zero-order chi connectivity index (χ0) is 13.1. The molecule has 2 rings (SSSR count). The van der Waals surface area contributed by atoms with E-state index in [4.69, 9.17) is 0 Å². The monoisotopic (exact) mass is 243 g/mol. The number of aryl methyl sites for hydroxylation is 2. The van der Waals surface area contributed by atoms with Crippen LogP contribution in [0.3, 0.4) is 0 Å². The Kier molecular flexibility index (Phi) is 3.63. The largest absolute Gasteiger partial charge is 0.394 e.